The molecule has 4 aromatic rings. The van der Waals surface area contributed by atoms with Crippen molar-refractivity contribution in [3.8, 4) is 5.75 Å². The van der Waals surface area contributed by atoms with Gasteiger partial charge in [0.05, 0.1) is 29.2 Å². The molecule has 2 heterocycles. The topological polar surface area (TPSA) is 69.3 Å². The van der Waals surface area contributed by atoms with E-state index in [1.807, 2.05) is 0 Å². The van der Waals surface area contributed by atoms with Crippen LogP contribution in [0, 0.1) is 42.9 Å². The molecule has 1 N–H and O–H groups in total. The number of nitrogens with zero attached hydrogens (tertiary/aromatic N) is 2. The normalized spacial score (nSPS) is 11.6. The van der Waals surface area contributed by atoms with Gasteiger partial charge in [-0.1, -0.05) is 12.1 Å². The number of hydrogen-bond acceptors (Lipinski definition) is 4. The molecule has 0 fully saturated rings. The zero-order valence-electron chi connectivity index (χ0n) is 20.0. The number of anilines is 1. The van der Waals surface area contributed by atoms with Gasteiger partial charge in [0.2, 0.25) is 29.1 Å². The highest BCUT2D eigenvalue weighted by Crippen LogP contribution is 2.31. The first-order valence-corrected chi connectivity index (χ1v) is 11.0. The fraction of sp³-hybridized carbons (Fsp3) is 0.200. The first-order valence-electron chi connectivity index (χ1n) is 11.0. The number of aryl methyl sites for hydroxylation is 1. The summed E-state index contributed by atoms with van der Waals surface area (Å²) in [7, 11) is 0. The lowest BCUT2D eigenvalue weighted by Crippen LogP contribution is -2.13. The number of hydrogen-bond donors (Lipinski definition) is 1. The molecule has 2 aromatic carbocycles. The quantitative estimate of drug-likeness (QED) is 0.156. The lowest BCUT2D eigenvalue weighted by Gasteiger charge is -2.10. The molecule has 2 aromatic heterocycles. The summed E-state index contributed by atoms with van der Waals surface area (Å²) in [6.45, 7) is 2.39. The van der Waals surface area contributed by atoms with Gasteiger partial charge in [0.15, 0.2) is 11.5 Å². The fourth-order valence-electron chi connectivity index (χ4n) is 3.66. The molecule has 0 spiro atoms. The van der Waals surface area contributed by atoms with Crippen molar-refractivity contribution in [2.75, 3.05) is 5.32 Å². The largest absolute Gasteiger partial charge is 0.479 e. The summed E-state index contributed by atoms with van der Waals surface area (Å²) >= 11 is 0. The number of furan rings is 1. The summed E-state index contributed by atoms with van der Waals surface area (Å²) in [5.74, 6) is -13.7. The van der Waals surface area contributed by atoms with Crippen LogP contribution in [0.3, 0.4) is 0 Å². The first-order chi connectivity index (χ1) is 18.3. The number of ether oxygens (including phenoxy) is 1. The number of carbonyl (C=O) groups is 1. The molecular formula is C25H17F8N3O3. The van der Waals surface area contributed by atoms with Crippen LogP contribution in [-0.2, 0) is 19.3 Å². The second-order valence-corrected chi connectivity index (χ2v) is 8.31. The molecule has 0 saturated heterocycles. The highest BCUT2D eigenvalue weighted by molar-refractivity contribution is 6.02. The third-order valence-electron chi connectivity index (χ3n) is 5.62. The minimum atomic E-state index is -4.51. The van der Waals surface area contributed by atoms with Gasteiger partial charge in [-0.15, -0.1) is 0 Å². The number of halogens is 8. The molecule has 0 bridgehead atoms. The molecule has 14 heteroatoms. The van der Waals surface area contributed by atoms with Crippen LogP contribution < -0.4 is 10.1 Å². The van der Waals surface area contributed by atoms with Gasteiger partial charge in [-0.2, -0.15) is 27.1 Å². The molecule has 1 amide bonds. The van der Waals surface area contributed by atoms with Gasteiger partial charge in [-0.25, -0.2) is 13.2 Å². The standard InChI is InChI=1S/C25H17F8N3O3/c1-11-22(12(2)36(35-11)9-13-4-3-5-14(8-13)25(31,32)33)34-24(37)16-7-6-15(39-16)10-38-23-20(29)18(27)17(26)19(28)21(23)30/h3-8H,9-10H2,1-2H3,(H,34,37). The maximum absolute atomic E-state index is 13.8. The van der Waals surface area contributed by atoms with Crippen LogP contribution in [0.25, 0.3) is 0 Å². The molecule has 0 atom stereocenters. The van der Waals surface area contributed by atoms with Crippen LogP contribution in [0.5, 0.6) is 5.75 Å². The average Bonchev–Trinajstić information content (AvgIpc) is 3.46. The monoisotopic (exact) mass is 559 g/mol. The Morgan fingerprint density at radius 2 is 1.62 bits per heavy atom. The number of alkyl halides is 3. The van der Waals surface area contributed by atoms with Gasteiger partial charge in [0.1, 0.15) is 12.4 Å². The van der Waals surface area contributed by atoms with Crippen molar-refractivity contribution in [3.63, 3.8) is 0 Å². The molecule has 0 radical (unpaired) electrons. The number of amides is 1. The molecule has 0 aliphatic carbocycles. The SMILES string of the molecule is Cc1nn(Cc2cccc(C(F)(F)F)c2)c(C)c1NC(=O)c1ccc(COc2c(F)c(F)c(F)c(F)c2F)o1. The molecule has 0 unspecified atom stereocenters. The van der Waals surface area contributed by atoms with Crippen molar-refractivity contribution in [1.82, 2.24) is 9.78 Å². The second kappa shape index (κ2) is 10.4. The summed E-state index contributed by atoms with van der Waals surface area (Å²) in [4.78, 5) is 12.7. The Labute approximate surface area is 214 Å². The predicted octanol–water partition coefficient (Wildman–Crippen LogP) is 6.69. The third kappa shape index (κ3) is 5.59. The first kappa shape index (κ1) is 27.7. The van der Waals surface area contributed by atoms with Crippen LogP contribution in [0.2, 0.25) is 0 Å². The third-order valence-corrected chi connectivity index (χ3v) is 5.62. The van der Waals surface area contributed by atoms with Crippen molar-refractivity contribution < 1.29 is 49.1 Å². The van der Waals surface area contributed by atoms with Crippen molar-refractivity contribution >= 4 is 11.6 Å². The minimum Gasteiger partial charge on any atom is -0.479 e. The van der Waals surface area contributed by atoms with Gasteiger partial charge in [0, 0.05) is 0 Å². The van der Waals surface area contributed by atoms with Gasteiger partial charge < -0.3 is 14.5 Å². The highest BCUT2D eigenvalue weighted by Gasteiger charge is 2.30. The van der Waals surface area contributed by atoms with Crippen LogP contribution in [0.15, 0.2) is 40.8 Å². The van der Waals surface area contributed by atoms with Crippen molar-refractivity contribution in [2.45, 2.75) is 33.2 Å². The van der Waals surface area contributed by atoms with Crippen molar-refractivity contribution in [3.05, 3.63) is 99.5 Å². The Kier molecular flexibility index (Phi) is 7.39. The van der Waals surface area contributed by atoms with Crippen molar-refractivity contribution in [2.24, 2.45) is 0 Å². The Morgan fingerprint density at radius 1 is 0.974 bits per heavy atom. The van der Waals surface area contributed by atoms with E-state index in [1.165, 1.54) is 28.9 Å². The second-order valence-electron chi connectivity index (χ2n) is 8.31. The maximum atomic E-state index is 13.8. The highest BCUT2D eigenvalue weighted by atomic mass is 19.4. The fourth-order valence-corrected chi connectivity index (χ4v) is 3.66. The Morgan fingerprint density at radius 3 is 2.26 bits per heavy atom. The van der Waals surface area contributed by atoms with Crippen molar-refractivity contribution in [1.29, 1.82) is 0 Å². The number of aromatic nitrogens is 2. The van der Waals surface area contributed by atoms with E-state index in [0.29, 0.717) is 17.0 Å². The van der Waals surface area contributed by atoms with E-state index in [9.17, 15) is 39.9 Å². The van der Waals surface area contributed by atoms with Gasteiger partial charge in [-0.3, -0.25) is 9.48 Å². The minimum absolute atomic E-state index is 0.00754. The van der Waals surface area contributed by atoms with Crippen LogP contribution in [0.1, 0.15) is 38.8 Å². The number of carbonyl (C=O) groups excluding carboxylic acids is 1. The van der Waals surface area contributed by atoms with Gasteiger partial charge >= 0.3 is 6.18 Å². The van der Waals surface area contributed by atoms with Crippen LogP contribution in [-0.4, -0.2) is 15.7 Å². The molecule has 6 nitrogen and oxygen atoms in total. The number of nitrogens with one attached hydrogen (secondary N) is 1. The van der Waals surface area contributed by atoms with Gasteiger partial charge in [-0.05, 0) is 43.7 Å². The number of benzene rings is 2. The molecule has 4 rings (SSSR count). The van der Waals surface area contributed by atoms with Crippen LogP contribution >= 0.6 is 0 Å². The molecule has 0 aliphatic rings. The van der Waals surface area contributed by atoms with E-state index in [2.05, 4.69) is 10.4 Å². The lowest BCUT2D eigenvalue weighted by molar-refractivity contribution is -0.137. The van der Waals surface area contributed by atoms with E-state index in [0.717, 1.165) is 12.1 Å². The molecule has 0 saturated carbocycles. The molecule has 0 aliphatic heterocycles. The predicted molar refractivity (Wildman–Crippen MR) is 119 cm³/mol. The summed E-state index contributed by atoms with van der Waals surface area (Å²) in [6.07, 6.45) is -4.51. The zero-order chi connectivity index (χ0) is 28.6. The summed E-state index contributed by atoms with van der Waals surface area (Å²) in [5.41, 5.74) is 0.571. The van der Waals surface area contributed by atoms with E-state index in [1.54, 1.807) is 13.8 Å². The Balaban J connectivity index is 1.46. The molecule has 39 heavy (non-hydrogen) atoms. The summed E-state index contributed by atoms with van der Waals surface area (Å²) < 4.78 is 118. The summed E-state index contributed by atoms with van der Waals surface area (Å²) in [5, 5.41) is 6.83. The lowest BCUT2D eigenvalue weighted by atomic mass is 10.1. The molecule has 206 valence electrons. The van der Waals surface area contributed by atoms with Crippen LogP contribution in [0.4, 0.5) is 40.8 Å². The smallest absolute Gasteiger partial charge is 0.416 e. The number of rotatable bonds is 7. The Bertz CT molecular complexity index is 1530. The van der Waals surface area contributed by atoms with Gasteiger partial charge in [0.25, 0.3) is 5.91 Å². The Hall–Kier alpha value is -4.36. The maximum Gasteiger partial charge on any atom is 0.416 e. The van der Waals surface area contributed by atoms with E-state index < -0.39 is 59.1 Å². The summed E-state index contributed by atoms with van der Waals surface area (Å²) in [6, 6.07) is 7.09. The average molecular weight is 559 g/mol. The van der Waals surface area contributed by atoms with E-state index in [-0.39, 0.29) is 23.8 Å². The molecular weight excluding hydrogens is 542 g/mol. The van der Waals surface area contributed by atoms with E-state index >= 15 is 0 Å². The zero-order valence-corrected chi connectivity index (χ0v) is 20.0. The van der Waals surface area contributed by atoms with E-state index in [4.69, 9.17) is 9.15 Å².